The summed E-state index contributed by atoms with van der Waals surface area (Å²) >= 11 is 0. The Labute approximate surface area is 123 Å². The zero-order chi connectivity index (χ0) is 13.9. The number of nitrogens with zero attached hydrogens (tertiary/aromatic N) is 2. The number of piperidine rings is 2. The fourth-order valence-electron chi connectivity index (χ4n) is 3.93. The molecule has 0 amide bonds. The second-order valence-corrected chi connectivity index (χ2v) is 6.92. The number of rotatable bonds is 3. The molecular weight excluding hydrogens is 246 g/mol. The van der Waals surface area contributed by atoms with Crippen LogP contribution in [0.3, 0.4) is 0 Å². The Hall–Kier alpha value is -0.800. The van der Waals surface area contributed by atoms with Crippen molar-refractivity contribution in [1.82, 2.24) is 14.8 Å². The molecule has 0 bridgehead atoms. The Kier molecular flexibility index (Phi) is 4.47. The lowest BCUT2D eigenvalue weighted by Crippen LogP contribution is -2.40. The molecule has 112 valence electrons. The zero-order valence-electron chi connectivity index (χ0n) is 13.1. The van der Waals surface area contributed by atoms with Crippen LogP contribution in [0, 0.1) is 12.8 Å². The number of aryl methyl sites for hydroxylation is 1. The van der Waals surface area contributed by atoms with Crippen molar-refractivity contribution in [2.24, 2.45) is 5.92 Å². The average Bonchev–Trinajstić information content (AvgIpc) is 2.89. The Morgan fingerprint density at radius 3 is 2.35 bits per heavy atom. The van der Waals surface area contributed by atoms with Gasteiger partial charge in [-0.25, -0.2) is 0 Å². The van der Waals surface area contributed by atoms with E-state index in [1.165, 1.54) is 64.0 Å². The standard InChI is InChI=1S/C17H29N3/c1-14-11-18-12-17(14)16-5-9-20(10-6-16)13-15-3-7-19(2)8-4-15/h11-12,15-16,18H,3-10,13H2,1-2H3. The Morgan fingerprint density at radius 1 is 1.05 bits per heavy atom. The van der Waals surface area contributed by atoms with E-state index in [1.807, 2.05) is 0 Å². The maximum absolute atomic E-state index is 3.26. The van der Waals surface area contributed by atoms with E-state index in [0.29, 0.717) is 0 Å². The number of likely N-dealkylation sites (tertiary alicyclic amines) is 2. The highest BCUT2D eigenvalue weighted by Crippen LogP contribution is 2.30. The number of aromatic nitrogens is 1. The number of H-pyrrole nitrogens is 1. The molecule has 20 heavy (non-hydrogen) atoms. The molecule has 1 aromatic heterocycles. The summed E-state index contributed by atoms with van der Waals surface area (Å²) in [6.45, 7) is 8.75. The van der Waals surface area contributed by atoms with E-state index in [1.54, 1.807) is 5.56 Å². The first-order valence-corrected chi connectivity index (χ1v) is 8.26. The molecule has 0 unspecified atom stereocenters. The van der Waals surface area contributed by atoms with Crippen molar-refractivity contribution in [3.05, 3.63) is 23.5 Å². The van der Waals surface area contributed by atoms with Gasteiger partial charge in [0.25, 0.3) is 0 Å². The van der Waals surface area contributed by atoms with Crippen molar-refractivity contribution in [1.29, 1.82) is 0 Å². The lowest BCUT2D eigenvalue weighted by atomic mass is 9.88. The second kappa shape index (κ2) is 6.31. The molecule has 3 heterocycles. The third-order valence-electron chi connectivity index (χ3n) is 5.38. The van der Waals surface area contributed by atoms with Gasteiger partial charge in [0.15, 0.2) is 0 Å². The summed E-state index contributed by atoms with van der Waals surface area (Å²) in [6.07, 6.45) is 9.82. The van der Waals surface area contributed by atoms with Crippen molar-refractivity contribution in [2.75, 3.05) is 39.8 Å². The van der Waals surface area contributed by atoms with Crippen LogP contribution in [0.1, 0.15) is 42.7 Å². The number of hydrogen-bond donors (Lipinski definition) is 1. The summed E-state index contributed by atoms with van der Waals surface area (Å²) in [7, 11) is 2.25. The summed E-state index contributed by atoms with van der Waals surface area (Å²) in [4.78, 5) is 8.44. The summed E-state index contributed by atoms with van der Waals surface area (Å²) in [5.41, 5.74) is 3.00. The fourth-order valence-corrected chi connectivity index (χ4v) is 3.93. The van der Waals surface area contributed by atoms with Crippen LogP contribution < -0.4 is 0 Å². The second-order valence-electron chi connectivity index (χ2n) is 6.92. The number of nitrogens with one attached hydrogen (secondary N) is 1. The molecule has 0 saturated carbocycles. The molecule has 3 heteroatoms. The lowest BCUT2D eigenvalue weighted by molar-refractivity contribution is 0.139. The van der Waals surface area contributed by atoms with E-state index in [2.05, 4.69) is 41.1 Å². The van der Waals surface area contributed by atoms with Crippen LogP contribution in [-0.2, 0) is 0 Å². The first-order chi connectivity index (χ1) is 9.72. The smallest absolute Gasteiger partial charge is 0.00429 e. The largest absolute Gasteiger partial charge is 0.367 e. The number of hydrogen-bond acceptors (Lipinski definition) is 2. The third-order valence-corrected chi connectivity index (χ3v) is 5.38. The Balaban J connectivity index is 1.46. The maximum atomic E-state index is 3.26. The van der Waals surface area contributed by atoms with E-state index in [9.17, 15) is 0 Å². The highest BCUT2D eigenvalue weighted by molar-refractivity contribution is 5.26. The van der Waals surface area contributed by atoms with Gasteiger partial charge in [-0.2, -0.15) is 0 Å². The average molecular weight is 275 g/mol. The molecule has 2 aliphatic rings. The van der Waals surface area contributed by atoms with Crippen LogP contribution in [0.5, 0.6) is 0 Å². The fraction of sp³-hybridized carbons (Fsp3) is 0.765. The molecule has 3 rings (SSSR count). The quantitative estimate of drug-likeness (QED) is 0.916. The molecule has 2 aliphatic heterocycles. The Morgan fingerprint density at radius 2 is 1.75 bits per heavy atom. The first-order valence-electron chi connectivity index (χ1n) is 8.26. The van der Waals surface area contributed by atoms with Crippen molar-refractivity contribution < 1.29 is 0 Å². The summed E-state index contributed by atoms with van der Waals surface area (Å²) in [5, 5.41) is 0. The minimum atomic E-state index is 0.787. The van der Waals surface area contributed by atoms with Crippen molar-refractivity contribution in [3.63, 3.8) is 0 Å². The van der Waals surface area contributed by atoms with Crippen LogP contribution in [0.4, 0.5) is 0 Å². The molecule has 0 atom stereocenters. The molecule has 2 saturated heterocycles. The lowest BCUT2D eigenvalue weighted by Gasteiger charge is -2.37. The molecule has 1 aromatic rings. The van der Waals surface area contributed by atoms with Crippen LogP contribution >= 0.6 is 0 Å². The maximum Gasteiger partial charge on any atom is 0.00429 e. The first kappa shape index (κ1) is 14.2. The minimum absolute atomic E-state index is 0.787. The van der Waals surface area contributed by atoms with E-state index in [-0.39, 0.29) is 0 Å². The van der Waals surface area contributed by atoms with Gasteiger partial charge in [-0.3, -0.25) is 0 Å². The molecule has 0 aromatic carbocycles. The van der Waals surface area contributed by atoms with Gasteiger partial charge < -0.3 is 14.8 Å². The highest BCUT2D eigenvalue weighted by atomic mass is 15.1. The van der Waals surface area contributed by atoms with E-state index in [4.69, 9.17) is 0 Å². The van der Waals surface area contributed by atoms with Crippen LogP contribution in [0.15, 0.2) is 12.4 Å². The van der Waals surface area contributed by atoms with Crippen molar-refractivity contribution in [3.8, 4) is 0 Å². The molecular formula is C17H29N3. The van der Waals surface area contributed by atoms with Crippen LogP contribution in [-0.4, -0.2) is 54.6 Å². The third kappa shape index (κ3) is 3.26. The van der Waals surface area contributed by atoms with Crippen LogP contribution in [0.25, 0.3) is 0 Å². The monoisotopic (exact) mass is 275 g/mol. The molecule has 0 aliphatic carbocycles. The molecule has 0 spiro atoms. The zero-order valence-corrected chi connectivity index (χ0v) is 13.1. The summed E-state index contributed by atoms with van der Waals surface area (Å²) < 4.78 is 0. The van der Waals surface area contributed by atoms with Gasteiger partial charge in [0.05, 0.1) is 0 Å². The van der Waals surface area contributed by atoms with Gasteiger partial charge in [-0.05, 0) is 88.8 Å². The molecule has 2 fully saturated rings. The summed E-state index contributed by atoms with van der Waals surface area (Å²) in [5.74, 6) is 1.73. The summed E-state index contributed by atoms with van der Waals surface area (Å²) in [6, 6.07) is 0. The Bertz CT molecular complexity index is 410. The topological polar surface area (TPSA) is 22.3 Å². The predicted octanol–water partition coefficient (Wildman–Crippen LogP) is 2.84. The van der Waals surface area contributed by atoms with Gasteiger partial charge in [0.2, 0.25) is 0 Å². The van der Waals surface area contributed by atoms with Crippen LogP contribution in [0.2, 0.25) is 0 Å². The van der Waals surface area contributed by atoms with Gasteiger partial charge in [0, 0.05) is 18.9 Å². The predicted molar refractivity (Wildman–Crippen MR) is 84.2 cm³/mol. The minimum Gasteiger partial charge on any atom is -0.367 e. The van der Waals surface area contributed by atoms with Gasteiger partial charge >= 0.3 is 0 Å². The van der Waals surface area contributed by atoms with E-state index >= 15 is 0 Å². The van der Waals surface area contributed by atoms with Crippen molar-refractivity contribution >= 4 is 0 Å². The number of aromatic amines is 1. The van der Waals surface area contributed by atoms with E-state index < -0.39 is 0 Å². The van der Waals surface area contributed by atoms with Crippen molar-refractivity contribution in [2.45, 2.75) is 38.5 Å². The van der Waals surface area contributed by atoms with E-state index in [0.717, 1.165) is 11.8 Å². The van der Waals surface area contributed by atoms with Gasteiger partial charge in [-0.15, -0.1) is 0 Å². The van der Waals surface area contributed by atoms with Gasteiger partial charge in [0.1, 0.15) is 0 Å². The molecule has 3 nitrogen and oxygen atoms in total. The molecule has 1 N–H and O–H groups in total. The van der Waals surface area contributed by atoms with Gasteiger partial charge in [-0.1, -0.05) is 0 Å². The normalized spacial score (nSPS) is 24.3. The molecule has 0 radical (unpaired) electrons. The highest BCUT2D eigenvalue weighted by Gasteiger charge is 2.25. The SMILES string of the molecule is Cc1c[nH]cc1C1CCN(CC2CCN(C)CC2)CC1.